The number of para-hydroxylation sites is 1. The van der Waals surface area contributed by atoms with E-state index in [1.54, 1.807) is 25.1 Å². The van der Waals surface area contributed by atoms with E-state index in [2.05, 4.69) is 15.2 Å². The Bertz CT molecular complexity index is 924. The number of nitrogens with one attached hydrogen (secondary N) is 1. The summed E-state index contributed by atoms with van der Waals surface area (Å²) in [6.07, 6.45) is 1.34. The number of carbonyl (C=O) groups is 1. The number of carbonyl (C=O) groups excluding carboxylic acids is 1. The van der Waals surface area contributed by atoms with E-state index in [0.717, 1.165) is 0 Å². The van der Waals surface area contributed by atoms with Crippen molar-refractivity contribution in [3.8, 4) is 11.4 Å². The van der Waals surface area contributed by atoms with Gasteiger partial charge in [-0.3, -0.25) is 4.79 Å². The van der Waals surface area contributed by atoms with Gasteiger partial charge in [-0.1, -0.05) is 12.1 Å². The monoisotopic (exact) mass is 361 g/mol. The smallest absolute Gasteiger partial charge is 0.387 e. The molecule has 26 heavy (non-hydrogen) atoms. The zero-order valence-corrected chi connectivity index (χ0v) is 13.6. The van der Waals surface area contributed by atoms with Crippen LogP contribution in [0.1, 0.15) is 16.1 Å². The van der Waals surface area contributed by atoms with Crippen LogP contribution in [0.25, 0.3) is 5.69 Å². The maximum atomic E-state index is 13.9. The van der Waals surface area contributed by atoms with Crippen molar-refractivity contribution in [1.29, 1.82) is 0 Å². The lowest BCUT2D eigenvalue weighted by Gasteiger charge is -2.08. The van der Waals surface area contributed by atoms with Crippen LogP contribution in [0.3, 0.4) is 0 Å². The summed E-state index contributed by atoms with van der Waals surface area (Å²) < 4.78 is 43.8. The first kappa shape index (κ1) is 17.5. The second-order valence-corrected chi connectivity index (χ2v) is 5.36. The molecule has 134 valence electrons. The van der Waals surface area contributed by atoms with Crippen LogP contribution in [0.15, 0.2) is 54.7 Å². The van der Waals surface area contributed by atoms with E-state index in [1.807, 2.05) is 0 Å². The molecule has 1 amide bonds. The Hall–Kier alpha value is -3.29. The summed E-state index contributed by atoms with van der Waals surface area (Å²) in [5, 5.41) is 6.70. The number of hydrogen-bond donors (Lipinski definition) is 1. The van der Waals surface area contributed by atoms with Gasteiger partial charge in [0.05, 0.1) is 17.5 Å². The first-order valence-electron chi connectivity index (χ1n) is 7.61. The molecule has 1 aromatic heterocycles. The maximum Gasteiger partial charge on any atom is 0.387 e. The first-order chi connectivity index (χ1) is 12.5. The standard InChI is InChI=1S/C18H14F3N3O2/c1-11-14(10-22-24(11)16-5-3-2-4-15(16)19)17(25)23-12-6-8-13(9-7-12)26-18(20)21/h2-10,18H,1H3,(H,23,25). The van der Waals surface area contributed by atoms with E-state index in [4.69, 9.17) is 0 Å². The van der Waals surface area contributed by atoms with Gasteiger partial charge >= 0.3 is 6.61 Å². The van der Waals surface area contributed by atoms with E-state index in [1.165, 1.54) is 41.2 Å². The fraction of sp³-hybridized carbons (Fsp3) is 0.111. The van der Waals surface area contributed by atoms with Crippen LogP contribution in [0.5, 0.6) is 5.75 Å². The zero-order valence-electron chi connectivity index (χ0n) is 13.6. The molecule has 0 aliphatic rings. The maximum absolute atomic E-state index is 13.9. The molecule has 3 rings (SSSR count). The van der Waals surface area contributed by atoms with Crippen LogP contribution in [0.2, 0.25) is 0 Å². The van der Waals surface area contributed by atoms with Gasteiger partial charge in [0.15, 0.2) is 0 Å². The lowest BCUT2D eigenvalue weighted by atomic mass is 10.2. The van der Waals surface area contributed by atoms with Crippen molar-refractivity contribution in [2.75, 3.05) is 5.32 Å². The molecule has 0 radical (unpaired) electrons. The quantitative estimate of drug-likeness (QED) is 0.742. The molecule has 0 spiro atoms. The van der Waals surface area contributed by atoms with Crippen LogP contribution >= 0.6 is 0 Å². The highest BCUT2D eigenvalue weighted by atomic mass is 19.3. The van der Waals surface area contributed by atoms with Crippen molar-refractivity contribution >= 4 is 11.6 Å². The molecule has 2 aromatic carbocycles. The topological polar surface area (TPSA) is 56.1 Å². The third kappa shape index (κ3) is 3.69. The highest BCUT2D eigenvalue weighted by molar-refractivity contribution is 6.05. The van der Waals surface area contributed by atoms with Crippen molar-refractivity contribution in [2.45, 2.75) is 13.5 Å². The number of benzene rings is 2. The summed E-state index contributed by atoms with van der Waals surface area (Å²) in [7, 11) is 0. The summed E-state index contributed by atoms with van der Waals surface area (Å²) in [6, 6.07) is 11.6. The van der Waals surface area contributed by atoms with E-state index >= 15 is 0 Å². The molecular weight excluding hydrogens is 347 g/mol. The minimum absolute atomic E-state index is 0.0125. The largest absolute Gasteiger partial charge is 0.435 e. The van der Waals surface area contributed by atoms with Gasteiger partial charge in [0.1, 0.15) is 17.3 Å². The van der Waals surface area contributed by atoms with Gasteiger partial charge in [0.25, 0.3) is 5.91 Å². The number of aromatic nitrogens is 2. The van der Waals surface area contributed by atoms with Crippen LogP contribution < -0.4 is 10.1 Å². The second-order valence-electron chi connectivity index (χ2n) is 5.36. The van der Waals surface area contributed by atoms with E-state index in [0.29, 0.717) is 11.4 Å². The predicted molar refractivity (Wildman–Crippen MR) is 89.3 cm³/mol. The number of amides is 1. The van der Waals surface area contributed by atoms with Gasteiger partial charge in [-0.25, -0.2) is 9.07 Å². The Kier molecular flexibility index (Phi) is 4.92. The molecule has 0 saturated heterocycles. The number of alkyl halides is 2. The van der Waals surface area contributed by atoms with Crippen LogP contribution in [0, 0.1) is 12.7 Å². The minimum Gasteiger partial charge on any atom is -0.435 e. The Morgan fingerprint density at radius 2 is 1.85 bits per heavy atom. The molecule has 5 nitrogen and oxygen atoms in total. The Morgan fingerprint density at radius 1 is 1.15 bits per heavy atom. The average molecular weight is 361 g/mol. The fourth-order valence-corrected chi connectivity index (χ4v) is 2.42. The van der Waals surface area contributed by atoms with Crippen molar-refractivity contribution in [3.05, 3.63) is 71.8 Å². The molecule has 8 heteroatoms. The summed E-state index contributed by atoms with van der Waals surface area (Å²) in [5.74, 6) is -0.922. The van der Waals surface area contributed by atoms with E-state index in [9.17, 15) is 18.0 Å². The van der Waals surface area contributed by atoms with E-state index < -0.39 is 18.3 Å². The molecule has 1 N–H and O–H groups in total. The third-order valence-corrected chi connectivity index (χ3v) is 3.67. The molecule has 0 atom stereocenters. The van der Waals surface area contributed by atoms with Crippen LogP contribution in [0.4, 0.5) is 18.9 Å². The van der Waals surface area contributed by atoms with Crippen molar-refractivity contribution in [3.63, 3.8) is 0 Å². The Labute approximate surface area is 147 Å². The molecule has 0 saturated carbocycles. The van der Waals surface area contributed by atoms with Crippen molar-refractivity contribution < 1.29 is 22.7 Å². The molecule has 3 aromatic rings. The van der Waals surface area contributed by atoms with Gasteiger partial charge in [-0.2, -0.15) is 13.9 Å². The predicted octanol–water partition coefficient (Wildman–Crippen LogP) is 4.17. The molecule has 0 fully saturated rings. The van der Waals surface area contributed by atoms with E-state index in [-0.39, 0.29) is 17.0 Å². The molecule has 0 aliphatic carbocycles. The molecular formula is C18H14F3N3O2. The summed E-state index contributed by atoms with van der Waals surface area (Å²) in [6.45, 7) is -1.27. The number of hydrogen-bond acceptors (Lipinski definition) is 3. The Balaban J connectivity index is 1.78. The fourth-order valence-electron chi connectivity index (χ4n) is 2.42. The van der Waals surface area contributed by atoms with Gasteiger partial charge in [0.2, 0.25) is 0 Å². The van der Waals surface area contributed by atoms with Crippen LogP contribution in [-0.2, 0) is 0 Å². The van der Waals surface area contributed by atoms with Gasteiger partial charge in [-0.05, 0) is 43.3 Å². The molecule has 0 aliphatic heterocycles. The molecule has 0 bridgehead atoms. The second kappa shape index (κ2) is 7.30. The number of nitrogens with zero attached hydrogens (tertiary/aromatic N) is 2. The average Bonchev–Trinajstić information content (AvgIpc) is 2.98. The molecule has 0 unspecified atom stereocenters. The SMILES string of the molecule is Cc1c(C(=O)Nc2ccc(OC(F)F)cc2)cnn1-c1ccccc1F. The van der Waals surface area contributed by atoms with Gasteiger partial charge < -0.3 is 10.1 Å². The minimum atomic E-state index is -2.91. The molecule has 1 heterocycles. The first-order valence-corrected chi connectivity index (χ1v) is 7.61. The lowest BCUT2D eigenvalue weighted by Crippen LogP contribution is -2.13. The van der Waals surface area contributed by atoms with Gasteiger partial charge in [-0.15, -0.1) is 0 Å². The van der Waals surface area contributed by atoms with Crippen molar-refractivity contribution in [1.82, 2.24) is 9.78 Å². The van der Waals surface area contributed by atoms with Crippen molar-refractivity contribution in [2.24, 2.45) is 0 Å². The number of halogens is 3. The third-order valence-electron chi connectivity index (χ3n) is 3.67. The lowest BCUT2D eigenvalue weighted by molar-refractivity contribution is -0.0498. The highest BCUT2D eigenvalue weighted by Gasteiger charge is 2.17. The van der Waals surface area contributed by atoms with Crippen LogP contribution in [-0.4, -0.2) is 22.3 Å². The highest BCUT2D eigenvalue weighted by Crippen LogP contribution is 2.20. The van der Waals surface area contributed by atoms with Gasteiger partial charge in [0, 0.05) is 5.69 Å². The summed E-state index contributed by atoms with van der Waals surface area (Å²) >= 11 is 0. The number of anilines is 1. The summed E-state index contributed by atoms with van der Waals surface area (Å²) in [5.41, 5.74) is 1.36. The Morgan fingerprint density at radius 3 is 2.50 bits per heavy atom. The zero-order chi connectivity index (χ0) is 18.7. The number of ether oxygens (including phenoxy) is 1. The summed E-state index contributed by atoms with van der Waals surface area (Å²) in [4.78, 5) is 12.4. The normalized spacial score (nSPS) is 10.8. The number of rotatable bonds is 5.